The molecule has 0 saturated heterocycles. The Labute approximate surface area is 331 Å². The van der Waals surface area contributed by atoms with Gasteiger partial charge in [-0.05, 0) is 148 Å². The Morgan fingerprint density at radius 2 is 0.526 bits per heavy atom. The Morgan fingerprint density at radius 3 is 0.737 bits per heavy atom. The maximum atomic E-state index is 12.6. The molecule has 0 amide bonds. The predicted octanol–water partition coefficient (Wildman–Crippen LogP) is 8.13. The second-order valence-corrected chi connectivity index (χ2v) is 12.8. The van der Waals surface area contributed by atoms with Crippen LogP contribution in [0.15, 0.2) is 97.1 Å². The summed E-state index contributed by atoms with van der Waals surface area (Å²) in [6.45, 7) is 4.39. The highest BCUT2D eigenvalue weighted by Gasteiger charge is 2.16. The molecular formula is C44H46O13. The third-order valence-corrected chi connectivity index (χ3v) is 8.17. The molecule has 0 atom stereocenters. The molecule has 0 fully saturated rings. The van der Waals surface area contributed by atoms with Crippen LogP contribution in [0.4, 0.5) is 0 Å². The maximum absolute atomic E-state index is 12.6. The second-order valence-electron chi connectivity index (χ2n) is 12.8. The Morgan fingerprint density at radius 1 is 0.316 bits per heavy atom. The van der Waals surface area contributed by atoms with Crippen molar-refractivity contribution in [2.24, 2.45) is 0 Å². The molecule has 13 heteroatoms. The Balaban J connectivity index is 1.02. The van der Waals surface area contributed by atoms with Crippen molar-refractivity contribution in [3.8, 4) is 23.0 Å². The van der Waals surface area contributed by atoms with E-state index < -0.39 is 35.8 Å². The van der Waals surface area contributed by atoms with Crippen molar-refractivity contribution >= 4 is 35.8 Å². The van der Waals surface area contributed by atoms with E-state index in [9.17, 15) is 28.8 Å². The molecule has 0 radical (unpaired) electrons. The number of rotatable bonds is 22. The van der Waals surface area contributed by atoms with Crippen LogP contribution < -0.4 is 18.9 Å². The molecule has 13 nitrogen and oxygen atoms in total. The topological polar surface area (TPSA) is 167 Å². The van der Waals surface area contributed by atoms with E-state index >= 15 is 0 Å². The summed E-state index contributed by atoms with van der Waals surface area (Å²) in [5.74, 6) is -1.81. The van der Waals surface area contributed by atoms with Crippen LogP contribution in [0.3, 0.4) is 0 Å². The van der Waals surface area contributed by atoms with Crippen LogP contribution in [0.5, 0.6) is 23.0 Å². The monoisotopic (exact) mass is 782 g/mol. The van der Waals surface area contributed by atoms with Gasteiger partial charge in [0.05, 0.1) is 48.7 Å². The van der Waals surface area contributed by atoms with Crippen LogP contribution in [0, 0.1) is 0 Å². The van der Waals surface area contributed by atoms with E-state index in [4.69, 9.17) is 23.7 Å². The number of carbonyl (C=O) groups excluding carboxylic acids is 6. The third kappa shape index (κ3) is 16.0. The average Bonchev–Trinajstić information content (AvgIpc) is 3.20. The zero-order valence-electron chi connectivity index (χ0n) is 32.0. The van der Waals surface area contributed by atoms with E-state index in [2.05, 4.69) is 9.47 Å². The van der Waals surface area contributed by atoms with Crippen molar-refractivity contribution < 1.29 is 61.9 Å². The molecule has 0 heterocycles. The zero-order valence-corrected chi connectivity index (χ0v) is 32.0. The van der Waals surface area contributed by atoms with Crippen molar-refractivity contribution in [1.82, 2.24) is 0 Å². The lowest BCUT2D eigenvalue weighted by molar-refractivity contribution is -0.136. The second kappa shape index (κ2) is 23.4. The molecule has 0 aliphatic rings. The van der Waals surface area contributed by atoms with Crippen molar-refractivity contribution in [2.45, 2.75) is 65.2 Å². The van der Waals surface area contributed by atoms with Gasteiger partial charge in [-0.3, -0.25) is 9.59 Å². The summed E-state index contributed by atoms with van der Waals surface area (Å²) in [4.78, 5) is 70.4. The predicted molar refractivity (Wildman–Crippen MR) is 207 cm³/mol. The lowest BCUT2D eigenvalue weighted by Crippen LogP contribution is -2.12. The first-order chi connectivity index (χ1) is 27.6. The highest BCUT2D eigenvalue weighted by atomic mass is 16.6. The summed E-state index contributed by atoms with van der Waals surface area (Å²) in [6, 6.07) is 25.6. The number of ether oxygens (including phenoxy) is 7. The molecule has 0 saturated carbocycles. The van der Waals surface area contributed by atoms with Gasteiger partial charge in [0.15, 0.2) is 0 Å². The molecule has 4 rings (SSSR count). The first-order valence-electron chi connectivity index (χ1n) is 18.7. The molecule has 4 aromatic carbocycles. The van der Waals surface area contributed by atoms with Crippen LogP contribution >= 0.6 is 0 Å². The molecule has 0 N–H and O–H groups in total. The van der Waals surface area contributed by atoms with E-state index in [0.29, 0.717) is 49.4 Å². The number of benzene rings is 4. The van der Waals surface area contributed by atoms with E-state index in [1.54, 1.807) is 97.1 Å². The van der Waals surface area contributed by atoms with Gasteiger partial charge in [0.1, 0.15) is 23.0 Å². The summed E-state index contributed by atoms with van der Waals surface area (Å²) >= 11 is 0. The fraction of sp³-hybridized carbons (Fsp3) is 0.318. The first kappa shape index (κ1) is 43.2. The minimum absolute atomic E-state index is 0.220. The molecule has 4 aromatic rings. The van der Waals surface area contributed by atoms with E-state index in [1.165, 1.54) is 13.8 Å². The van der Waals surface area contributed by atoms with Crippen molar-refractivity contribution in [2.75, 3.05) is 26.4 Å². The number of hydrogen-bond acceptors (Lipinski definition) is 13. The minimum Gasteiger partial charge on any atom is -0.494 e. The van der Waals surface area contributed by atoms with Gasteiger partial charge in [-0.15, -0.1) is 0 Å². The molecule has 0 bridgehead atoms. The number of hydrogen-bond donors (Lipinski definition) is 0. The quantitative estimate of drug-likeness (QED) is 0.0325. The van der Waals surface area contributed by atoms with Gasteiger partial charge in [-0.25, -0.2) is 19.2 Å². The van der Waals surface area contributed by atoms with Crippen molar-refractivity contribution in [1.29, 1.82) is 0 Å². The molecular weight excluding hydrogens is 736 g/mol. The number of carbonyl (C=O) groups is 6. The van der Waals surface area contributed by atoms with E-state index in [-0.39, 0.29) is 22.3 Å². The Bertz CT molecular complexity index is 1780. The summed E-state index contributed by atoms with van der Waals surface area (Å²) in [5.41, 5.74) is 0.987. The molecule has 0 spiro atoms. The largest absolute Gasteiger partial charge is 0.494 e. The zero-order chi connectivity index (χ0) is 40.8. The summed E-state index contributed by atoms with van der Waals surface area (Å²) < 4.78 is 37.1. The molecule has 57 heavy (non-hydrogen) atoms. The van der Waals surface area contributed by atoms with Gasteiger partial charge in [0, 0.05) is 13.8 Å². The number of unbranched alkanes of at least 4 members (excludes halogenated alkanes) is 6. The van der Waals surface area contributed by atoms with Crippen molar-refractivity contribution in [3.63, 3.8) is 0 Å². The fourth-order valence-corrected chi connectivity index (χ4v) is 5.21. The van der Waals surface area contributed by atoms with Crippen LogP contribution in [-0.4, -0.2) is 62.2 Å². The van der Waals surface area contributed by atoms with Gasteiger partial charge in [-0.2, -0.15) is 0 Å². The molecule has 0 aliphatic heterocycles. The molecule has 0 aromatic heterocycles. The van der Waals surface area contributed by atoms with E-state index in [0.717, 1.165) is 51.4 Å². The standard InChI is InChI=1S/C44H46O13/c1-31(45)55-41(47)33-11-19-37(20-12-33)51-27-7-3-5-9-29-53-39-23-15-35(16-24-39)43(49)57-44(50)36-17-25-40(26-18-36)54-30-10-6-4-8-28-52-38-21-13-34(14-22-38)42(48)56-32(2)46/h11-26H,3-10,27-30H2,1-2H3. The molecule has 300 valence electrons. The summed E-state index contributed by atoms with van der Waals surface area (Å²) in [5, 5.41) is 0. The molecule has 0 aliphatic carbocycles. The average molecular weight is 783 g/mol. The first-order valence-corrected chi connectivity index (χ1v) is 18.7. The highest BCUT2D eigenvalue weighted by molar-refractivity contribution is 6.02. The number of esters is 6. The van der Waals surface area contributed by atoms with Gasteiger partial charge in [-0.1, -0.05) is 0 Å². The van der Waals surface area contributed by atoms with Crippen LogP contribution in [-0.2, 0) is 23.8 Å². The Hall–Kier alpha value is -6.50. The fourth-order valence-electron chi connectivity index (χ4n) is 5.21. The Kier molecular flexibility index (Phi) is 17.8. The van der Waals surface area contributed by atoms with Crippen LogP contribution in [0.1, 0.15) is 107 Å². The summed E-state index contributed by atoms with van der Waals surface area (Å²) in [6.07, 6.45) is 7.09. The highest BCUT2D eigenvalue weighted by Crippen LogP contribution is 2.19. The van der Waals surface area contributed by atoms with Gasteiger partial charge in [0.2, 0.25) is 0 Å². The van der Waals surface area contributed by atoms with E-state index in [1.807, 2.05) is 0 Å². The van der Waals surface area contributed by atoms with Gasteiger partial charge >= 0.3 is 35.8 Å². The van der Waals surface area contributed by atoms with Crippen LogP contribution in [0.25, 0.3) is 0 Å². The van der Waals surface area contributed by atoms with Gasteiger partial charge < -0.3 is 33.2 Å². The van der Waals surface area contributed by atoms with Crippen molar-refractivity contribution in [3.05, 3.63) is 119 Å². The summed E-state index contributed by atoms with van der Waals surface area (Å²) in [7, 11) is 0. The smallest absolute Gasteiger partial charge is 0.346 e. The maximum Gasteiger partial charge on any atom is 0.346 e. The lowest BCUT2D eigenvalue weighted by atomic mass is 10.2. The minimum atomic E-state index is -0.767. The SMILES string of the molecule is CC(=O)OC(=O)c1ccc(OCCCCCCOc2ccc(C(=O)OC(=O)c3ccc(OCCCCCCOc4ccc(C(=O)OC(C)=O)cc4)cc3)cc2)cc1. The van der Waals surface area contributed by atoms with Gasteiger partial charge in [0.25, 0.3) is 0 Å². The normalized spacial score (nSPS) is 10.5. The molecule has 0 unspecified atom stereocenters. The van der Waals surface area contributed by atoms with Crippen LogP contribution in [0.2, 0.25) is 0 Å². The lowest BCUT2D eigenvalue weighted by Gasteiger charge is -2.09. The third-order valence-electron chi connectivity index (χ3n) is 8.17.